The van der Waals surface area contributed by atoms with E-state index in [1.165, 1.54) is 55.2 Å². The van der Waals surface area contributed by atoms with Crippen molar-refractivity contribution >= 4 is 50.6 Å². The van der Waals surface area contributed by atoms with Gasteiger partial charge >= 0.3 is 0 Å². The molecular formula is C21H25N3O2S3. The zero-order valence-corrected chi connectivity index (χ0v) is 19.1. The Hall–Kier alpha value is -1.64. The van der Waals surface area contributed by atoms with E-state index in [0.29, 0.717) is 16.5 Å². The lowest BCUT2D eigenvalue weighted by molar-refractivity contribution is -0.120. The molecule has 0 radical (unpaired) electrons. The minimum absolute atomic E-state index is 0.0142. The summed E-state index contributed by atoms with van der Waals surface area (Å²) >= 11 is 4.45. The third-order valence-corrected chi connectivity index (χ3v) is 8.42. The van der Waals surface area contributed by atoms with E-state index in [4.69, 9.17) is 4.98 Å². The first kappa shape index (κ1) is 20.6. The predicted octanol–water partition coefficient (Wildman–Crippen LogP) is 4.90. The molecule has 4 rings (SSSR count). The fourth-order valence-corrected chi connectivity index (χ4v) is 6.46. The largest absolute Gasteiger partial charge is 0.355 e. The maximum absolute atomic E-state index is 13.0. The Morgan fingerprint density at radius 2 is 2.14 bits per heavy atom. The number of thioether (sulfide) groups is 1. The van der Waals surface area contributed by atoms with Gasteiger partial charge in [-0.15, -0.1) is 22.7 Å². The average Bonchev–Trinajstić information content (AvgIpc) is 3.40. The first-order chi connectivity index (χ1) is 14.0. The van der Waals surface area contributed by atoms with Gasteiger partial charge in [0.05, 0.1) is 10.6 Å². The summed E-state index contributed by atoms with van der Waals surface area (Å²) in [6, 6.07) is 4.01. The summed E-state index contributed by atoms with van der Waals surface area (Å²) in [4.78, 5) is 32.1. The summed E-state index contributed by atoms with van der Waals surface area (Å²) in [5.74, 6) is 0.617. The fraction of sp³-hybridized carbons (Fsp3) is 0.476. The van der Waals surface area contributed by atoms with Crippen LogP contribution in [0.1, 0.15) is 39.0 Å². The van der Waals surface area contributed by atoms with E-state index >= 15 is 0 Å². The second-order valence-electron chi connectivity index (χ2n) is 7.57. The van der Waals surface area contributed by atoms with Gasteiger partial charge in [-0.2, -0.15) is 0 Å². The number of aromatic nitrogens is 2. The van der Waals surface area contributed by atoms with Gasteiger partial charge in [0.15, 0.2) is 5.16 Å². The molecule has 1 aliphatic rings. The smallest absolute Gasteiger partial charge is 0.263 e. The maximum atomic E-state index is 13.0. The Balaban J connectivity index is 1.49. The van der Waals surface area contributed by atoms with Crippen LogP contribution >= 0.6 is 34.4 Å². The van der Waals surface area contributed by atoms with Gasteiger partial charge in [-0.05, 0) is 37.1 Å². The van der Waals surface area contributed by atoms with E-state index in [9.17, 15) is 9.59 Å². The van der Waals surface area contributed by atoms with Crippen LogP contribution in [0, 0.1) is 5.92 Å². The monoisotopic (exact) mass is 447 g/mol. The number of rotatable bonds is 6. The number of carbonyl (C=O) groups is 1. The zero-order valence-electron chi connectivity index (χ0n) is 16.6. The highest BCUT2D eigenvalue weighted by Gasteiger charge is 2.22. The van der Waals surface area contributed by atoms with E-state index in [2.05, 4.69) is 5.32 Å². The molecule has 1 unspecified atom stereocenters. The molecule has 5 nitrogen and oxygen atoms in total. The van der Waals surface area contributed by atoms with Gasteiger partial charge in [0.1, 0.15) is 4.83 Å². The van der Waals surface area contributed by atoms with Gasteiger partial charge in [-0.1, -0.05) is 37.1 Å². The van der Waals surface area contributed by atoms with Gasteiger partial charge < -0.3 is 5.32 Å². The first-order valence-corrected chi connectivity index (χ1v) is 12.6. The second-order valence-corrected chi connectivity index (χ2v) is 10.7. The van der Waals surface area contributed by atoms with E-state index in [0.717, 1.165) is 21.8 Å². The van der Waals surface area contributed by atoms with Crippen molar-refractivity contribution in [3.63, 3.8) is 0 Å². The molecule has 3 aromatic rings. The lowest BCUT2D eigenvalue weighted by Gasteiger charge is -2.22. The molecule has 154 valence electrons. The normalized spacial score (nSPS) is 16.2. The molecule has 0 spiro atoms. The Labute approximate surface area is 182 Å². The number of thiophene rings is 2. The van der Waals surface area contributed by atoms with Crippen LogP contribution in [0.2, 0.25) is 0 Å². The van der Waals surface area contributed by atoms with Crippen LogP contribution in [0.5, 0.6) is 0 Å². The van der Waals surface area contributed by atoms with Gasteiger partial charge in [0.25, 0.3) is 5.56 Å². The van der Waals surface area contributed by atoms with Crippen molar-refractivity contribution in [3.05, 3.63) is 33.2 Å². The van der Waals surface area contributed by atoms with E-state index in [1.807, 2.05) is 29.8 Å². The minimum Gasteiger partial charge on any atom is -0.355 e. The highest BCUT2D eigenvalue weighted by Crippen LogP contribution is 2.34. The van der Waals surface area contributed by atoms with Crippen molar-refractivity contribution in [1.29, 1.82) is 0 Å². The molecule has 3 heterocycles. The fourth-order valence-electron chi connectivity index (χ4n) is 3.76. The number of amides is 1. The third-order valence-electron chi connectivity index (χ3n) is 5.50. The van der Waals surface area contributed by atoms with Crippen LogP contribution in [0.3, 0.4) is 0 Å². The molecule has 29 heavy (non-hydrogen) atoms. The molecule has 3 aromatic heterocycles. The summed E-state index contributed by atoms with van der Waals surface area (Å²) in [6.45, 7) is 2.63. The van der Waals surface area contributed by atoms with E-state index in [-0.39, 0.29) is 16.7 Å². The zero-order chi connectivity index (χ0) is 20.4. The molecule has 8 heteroatoms. The Kier molecular flexibility index (Phi) is 6.41. The van der Waals surface area contributed by atoms with Gasteiger partial charge in [-0.3, -0.25) is 14.2 Å². The quantitative estimate of drug-likeness (QED) is 0.431. The lowest BCUT2D eigenvalue weighted by Crippen LogP contribution is -2.35. The van der Waals surface area contributed by atoms with Gasteiger partial charge in [0, 0.05) is 29.4 Å². The summed E-state index contributed by atoms with van der Waals surface area (Å²) in [5, 5.41) is 8.05. The Morgan fingerprint density at radius 3 is 2.86 bits per heavy atom. The van der Waals surface area contributed by atoms with Crippen molar-refractivity contribution in [2.75, 3.05) is 6.54 Å². The van der Waals surface area contributed by atoms with Crippen molar-refractivity contribution in [3.8, 4) is 10.4 Å². The molecule has 0 aliphatic heterocycles. The number of nitrogens with zero attached hydrogens (tertiary/aromatic N) is 2. The Bertz CT molecular complexity index is 1050. The van der Waals surface area contributed by atoms with Crippen LogP contribution in [0.4, 0.5) is 0 Å². The standard InChI is InChI=1S/C21H25N3O2S3/c1-13(18(25)22-11-14-7-4-3-5-8-14)29-21-23-19-17(20(26)24(21)2)15(12-28-19)16-9-6-10-27-16/h6,9-10,12-14H,3-5,7-8,11H2,1-2H3,(H,22,25). The number of carbonyl (C=O) groups excluding carboxylic acids is 1. The van der Waals surface area contributed by atoms with E-state index in [1.54, 1.807) is 23.0 Å². The summed E-state index contributed by atoms with van der Waals surface area (Å²) in [5.41, 5.74) is 0.889. The molecule has 1 amide bonds. The Morgan fingerprint density at radius 1 is 1.34 bits per heavy atom. The number of hydrogen-bond donors (Lipinski definition) is 1. The summed E-state index contributed by atoms with van der Waals surface area (Å²) < 4.78 is 1.57. The van der Waals surface area contributed by atoms with Crippen LogP contribution < -0.4 is 10.9 Å². The van der Waals surface area contributed by atoms with Crippen molar-refractivity contribution in [2.45, 2.75) is 49.4 Å². The maximum Gasteiger partial charge on any atom is 0.263 e. The predicted molar refractivity (Wildman–Crippen MR) is 123 cm³/mol. The highest BCUT2D eigenvalue weighted by molar-refractivity contribution is 8.00. The van der Waals surface area contributed by atoms with Crippen LogP contribution in [0.15, 0.2) is 32.8 Å². The molecule has 0 bridgehead atoms. The third kappa shape index (κ3) is 4.44. The van der Waals surface area contributed by atoms with Gasteiger partial charge in [-0.25, -0.2) is 4.98 Å². The second kappa shape index (κ2) is 9.02. The van der Waals surface area contributed by atoms with Crippen LogP contribution in [-0.2, 0) is 11.8 Å². The lowest BCUT2D eigenvalue weighted by atomic mass is 9.89. The van der Waals surface area contributed by atoms with Crippen LogP contribution in [-0.4, -0.2) is 27.3 Å². The topological polar surface area (TPSA) is 64.0 Å². The summed E-state index contributed by atoms with van der Waals surface area (Å²) in [6.07, 6.45) is 6.27. The van der Waals surface area contributed by atoms with Crippen molar-refractivity contribution in [1.82, 2.24) is 14.9 Å². The molecule has 0 saturated heterocycles. The average molecular weight is 448 g/mol. The number of nitrogens with one attached hydrogen (secondary N) is 1. The van der Waals surface area contributed by atoms with E-state index < -0.39 is 0 Å². The SMILES string of the molecule is CC(Sc1nc2scc(-c3cccs3)c2c(=O)n1C)C(=O)NCC1CCCCC1. The summed E-state index contributed by atoms with van der Waals surface area (Å²) in [7, 11) is 1.74. The molecule has 1 saturated carbocycles. The first-order valence-electron chi connectivity index (χ1n) is 10.0. The number of fused-ring (bicyclic) bond motifs is 1. The van der Waals surface area contributed by atoms with Crippen molar-refractivity contribution < 1.29 is 4.79 Å². The van der Waals surface area contributed by atoms with Crippen LogP contribution in [0.25, 0.3) is 20.7 Å². The molecule has 1 aliphatic carbocycles. The molecule has 1 N–H and O–H groups in total. The molecule has 0 aromatic carbocycles. The highest BCUT2D eigenvalue weighted by atomic mass is 32.2. The minimum atomic E-state index is -0.300. The molecular weight excluding hydrogens is 422 g/mol. The number of hydrogen-bond acceptors (Lipinski definition) is 6. The van der Waals surface area contributed by atoms with Gasteiger partial charge in [0.2, 0.25) is 5.91 Å². The molecule has 1 fully saturated rings. The molecule has 1 atom stereocenters. The van der Waals surface area contributed by atoms with Crippen molar-refractivity contribution in [2.24, 2.45) is 13.0 Å².